The van der Waals surface area contributed by atoms with E-state index in [1.54, 1.807) is 0 Å². The molecule has 1 N–H and O–H groups in total. The number of carbonyl (C=O) groups excluding carboxylic acids is 1. The van der Waals surface area contributed by atoms with Gasteiger partial charge >= 0.3 is 12.5 Å². The van der Waals surface area contributed by atoms with E-state index in [9.17, 15) is 18.0 Å². The first kappa shape index (κ1) is 18.8. The van der Waals surface area contributed by atoms with Crippen LogP contribution in [-0.2, 0) is 14.3 Å². The second kappa shape index (κ2) is 5.75. The predicted molar refractivity (Wildman–Crippen MR) is 89.0 cm³/mol. The van der Waals surface area contributed by atoms with Gasteiger partial charge in [-0.15, -0.1) is 13.2 Å². The summed E-state index contributed by atoms with van der Waals surface area (Å²) in [6.07, 6.45) is -2.08. The quantitative estimate of drug-likeness (QED) is 0.791. The summed E-state index contributed by atoms with van der Waals surface area (Å²) in [5, 5.41) is 7.20. The minimum absolute atomic E-state index is 0.0185. The zero-order chi connectivity index (χ0) is 19.7. The third kappa shape index (κ3) is 3.62. The summed E-state index contributed by atoms with van der Waals surface area (Å²) in [4.78, 5) is 17.5. The Hall–Kier alpha value is -1.51. The third-order valence-electron chi connectivity index (χ3n) is 6.06. The van der Waals surface area contributed by atoms with Crippen molar-refractivity contribution < 1.29 is 32.3 Å². The predicted octanol–water partition coefficient (Wildman–Crippen LogP) is 3.89. The summed E-state index contributed by atoms with van der Waals surface area (Å²) in [5.74, 6) is 0.0554. The second-order valence-corrected chi connectivity index (χ2v) is 9.52. The molecule has 1 unspecified atom stereocenters. The smallest absolute Gasteiger partial charge is 0.444 e. The van der Waals surface area contributed by atoms with Gasteiger partial charge < -0.3 is 14.9 Å². The summed E-state index contributed by atoms with van der Waals surface area (Å²) in [7, 11) is 0. The van der Waals surface area contributed by atoms with E-state index in [0.717, 1.165) is 25.0 Å². The number of amides is 1. The number of alkyl halides is 3. The Morgan fingerprint density at radius 1 is 1.22 bits per heavy atom. The summed E-state index contributed by atoms with van der Waals surface area (Å²) in [6, 6.07) is 0. The average molecular weight is 390 g/mol. The van der Waals surface area contributed by atoms with Gasteiger partial charge in [-0.3, -0.25) is 4.74 Å². The van der Waals surface area contributed by atoms with E-state index in [1.807, 2.05) is 20.8 Å². The average Bonchev–Trinajstić information content (AvgIpc) is 2.81. The Labute approximate surface area is 155 Å². The molecule has 1 amide bonds. The molecule has 2 bridgehead atoms. The van der Waals surface area contributed by atoms with Crippen molar-refractivity contribution in [3.05, 3.63) is 0 Å². The molecule has 0 radical (unpaired) electrons. The lowest BCUT2D eigenvalue weighted by Gasteiger charge is -2.70. The van der Waals surface area contributed by atoms with Crippen LogP contribution in [0.3, 0.4) is 0 Å². The molecular formula is C18H25F3N2O4. The minimum atomic E-state index is -4.57. The standard InChI is InChI=1S/C18H25F3N2O4/c1-15(2,3)26-14(24)22-17-7-16(8-17,9-17)13-6-12(27-23-13)10-4-11(5-10)25-18(19,20)21/h10-12H,4-9H2,1-3H3,(H,22,24)/t10-,11+,12?,16?,17?. The lowest BCUT2D eigenvalue weighted by Crippen LogP contribution is -2.77. The van der Waals surface area contributed by atoms with Crippen LogP contribution in [0.25, 0.3) is 0 Å². The van der Waals surface area contributed by atoms with Crippen LogP contribution in [0.4, 0.5) is 18.0 Å². The molecule has 0 spiro atoms. The highest BCUT2D eigenvalue weighted by Crippen LogP contribution is 2.69. The Bertz CT molecular complexity index is 645. The molecule has 6 nitrogen and oxygen atoms in total. The molecule has 9 heteroatoms. The number of hydrogen-bond donors (Lipinski definition) is 1. The van der Waals surface area contributed by atoms with Crippen LogP contribution >= 0.6 is 0 Å². The molecule has 1 atom stereocenters. The first-order chi connectivity index (χ1) is 12.4. The molecule has 1 heterocycles. The molecule has 1 aliphatic heterocycles. The van der Waals surface area contributed by atoms with Gasteiger partial charge in [0.25, 0.3) is 0 Å². The first-order valence-electron chi connectivity index (χ1n) is 9.36. The Balaban J connectivity index is 1.21. The third-order valence-corrected chi connectivity index (χ3v) is 6.06. The van der Waals surface area contributed by atoms with Crippen LogP contribution in [0.1, 0.15) is 59.3 Å². The topological polar surface area (TPSA) is 69.2 Å². The van der Waals surface area contributed by atoms with Gasteiger partial charge in [0.1, 0.15) is 11.7 Å². The highest BCUT2D eigenvalue weighted by molar-refractivity contribution is 5.95. The fourth-order valence-electron chi connectivity index (χ4n) is 4.90. The van der Waals surface area contributed by atoms with Gasteiger partial charge in [0.2, 0.25) is 0 Å². The van der Waals surface area contributed by atoms with Crippen LogP contribution in [0, 0.1) is 11.3 Å². The number of halogens is 3. The number of oxime groups is 1. The van der Waals surface area contributed by atoms with Crippen LogP contribution in [0.15, 0.2) is 5.16 Å². The molecule has 0 aromatic carbocycles. The number of ether oxygens (including phenoxy) is 2. The zero-order valence-electron chi connectivity index (χ0n) is 15.7. The number of hydrogen-bond acceptors (Lipinski definition) is 5. The largest absolute Gasteiger partial charge is 0.522 e. The number of nitrogens with zero attached hydrogens (tertiary/aromatic N) is 1. The van der Waals surface area contributed by atoms with E-state index in [2.05, 4.69) is 15.2 Å². The summed E-state index contributed by atoms with van der Waals surface area (Å²) in [6.45, 7) is 5.47. The van der Waals surface area contributed by atoms with Crippen molar-refractivity contribution in [1.82, 2.24) is 5.32 Å². The van der Waals surface area contributed by atoms with Gasteiger partial charge in [0.15, 0.2) is 0 Å². The molecule has 4 fully saturated rings. The summed E-state index contributed by atoms with van der Waals surface area (Å²) < 4.78 is 46.0. The molecule has 152 valence electrons. The van der Waals surface area contributed by atoms with Crippen molar-refractivity contribution in [1.29, 1.82) is 0 Å². The Morgan fingerprint density at radius 3 is 2.41 bits per heavy atom. The summed E-state index contributed by atoms with van der Waals surface area (Å²) >= 11 is 0. The maximum Gasteiger partial charge on any atom is 0.522 e. The highest BCUT2D eigenvalue weighted by atomic mass is 19.4. The zero-order valence-corrected chi connectivity index (χ0v) is 15.7. The molecular weight excluding hydrogens is 365 g/mol. The van der Waals surface area contributed by atoms with E-state index in [-0.39, 0.29) is 23.0 Å². The van der Waals surface area contributed by atoms with E-state index >= 15 is 0 Å². The lowest BCUT2D eigenvalue weighted by atomic mass is 9.37. The minimum Gasteiger partial charge on any atom is -0.444 e. The van der Waals surface area contributed by atoms with Crippen LogP contribution < -0.4 is 5.32 Å². The van der Waals surface area contributed by atoms with E-state index in [1.165, 1.54) is 0 Å². The highest BCUT2D eigenvalue weighted by Gasteiger charge is 2.71. The van der Waals surface area contributed by atoms with Crippen LogP contribution in [-0.4, -0.2) is 41.5 Å². The van der Waals surface area contributed by atoms with Gasteiger partial charge in [-0.2, -0.15) is 0 Å². The van der Waals surface area contributed by atoms with Gasteiger partial charge in [-0.05, 0) is 52.9 Å². The van der Waals surface area contributed by atoms with Crippen molar-refractivity contribution in [3.63, 3.8) is 0 Å². The fraction of sp³-hybridized carbons (Fsp3) is 0.889. The van der Waals surface area contributed by atoms with Crippen molar-refractivity contribution in [2.45, 2.75) is 89.0 Å². The fourth-order valence-corrected chi connectivity index (χ4v) is 4.90. The van der Waals surface area contributed by atoms with Gasteiger partial charge in [0, 0.05) is 23.3 Å². The maximum atomic E-state index is 12.2. The number of rotatable bonds is 4. The molecule has 27 heavy (non-hydrogen) atoms. The van der Waals surface area contributed by atoms with E-state index < -0.39 is 24.2 Å². The number of carbonyl (C=O) groups is 1. The molecule has 5 aliphatic rings. The Morgan fingerprint density at radius 2 is 1.85 bits per heavy atom. The monoisotopic (exact) mass is 390 g/mol. The van der Waals surface area contributed by atoms with Gasteiger partial charge in [0.05, 0.1) is 11.8 Å². The van der Waals surface area contributed by atoms with Gasteiger partial charge in [-0.25, -0.2) is 4.79 Å². The van der Waals surface area contributed by atoms with E-state index in [4.69, 9.17) is 9.57 Å². The van der Waals surface area contributed by atoms with Crippen molar-refractivity contribution in [2.75, 3.05) is 0 Å². The number of nitrogens with one attached hydrogen (secondary N) is 1. The van der Waals surface area contributed by atoms with Crippen LogP contribution in [0.2, 0.25) is 0 Å². The number of alkyl carbamates (subject to hydrolysis) is 1. The second-order valence-electron chi connectivity index (χ2n) is 9.52. The van der Waals surface area contributed by atoms with Crippen molar-refractivity contribution >= 4 is 11.8 Å². The first-order valence-corrected chi connectivity index (χ1v) is 9.36. The maximum absolute atomic E-state index is 12.2. The summed E-state index contributed by atoms with van der Waals surface area (Å²) in [5.41, 5.74) is 0.235. The normalized spacial score (nSPS) is 40.1. The molecule has 5 rings (SSSR count). The Kier molecular flexibility index (Phi) is 4.01. The van der Waals surface area contributed by atoms with Crippen LogP contribution in [0.5, 0.6) is 0 Å². The molecule has 4 aliphatic carbocycles. The van der Waals surface area contributed by atoms with Gasteiger partial charge in [-0.1, -0.05) is 5.16 Å². The molecule has 0 saturated heterocycles. The van der Waals surface area contributed by atoms with Crippen molar-refractivity contribution in [3.8, 4) is 0 Å². The lowest BCUT2D eigenvalue weighted by molar-refractivity contribution is -0.356. The molecule has 0 aromatic rings. The van der Waals surface area contributed by atoms with Crippen molar-refractivity contribution in [2.24, 2.45) is 16.5 Å². The molecule has 4 saturated carbocycles. The SMILES string of the molecule is CC(C)(C)OC(=O)NC12CC(C3=NOC([C@H]4C[C@@H](OC(F)(F)F)C4)C3)(C1)C2. The molecule has 0 aromatic heterocycles. The van der Waals surface area contributed by atoms with E-state index in [0.29, 0.717) is 19.3 Å².